The highest BCUT2D eigenvalue weighted by Crippen LogP contribution is 2.50. The minimum atomic E-state index is -0.754. The molecule has 16 nitrogen and oxygen atoms in total. The molecule has 2 saturated heterocycles. The summed E-state index contributed by atoms with van der Waals surface area (Å²) in [7, 11) is 2.55. The minimum Gasteiger partial charge on any atom is -0.464 e. The molecule has 1 aliphatic carbocycles. The fraction of sp³-hybridized carbons (Fsp3) is 0.440. The molecule has 6 aromatic rings. The number of thiophene rings is 1. The van der Waals surface area contributed by atoms with E-state index >= 15 is 4.39 Å². The number of hydrogen-bond acceptors (Lipinski definition) is 10. The molecule has 356 valence electrons. The van der Waals surface area contributed by atoms with Crippen LogP contribution in [0.3, 0.4) is 0 Å². The van der Waals surface area contributed by atoms with Gasteiger partial charge in [-0.05, 0) is 92.7 Å². The van der Waals surface area contributed by atoms with E-state index in [9.17, 15) is 19.2 Å². The first-order valence-corrected chi connectivity index (χ1v) is 24.3. The number of nitrogens with one attached hydrogen (secondary N) is 4. The van der Waals surface area contributed by atoms with Gasteiger partial charge in [-0.3, -0.25) is 14.2 Å². The highest BCUT2D eigenvalue weighted by atomic mass is 32.1. The second-order valence-corrected chi connectivity index (χ2v) is 20.1. The van der Waals surface area contributed by atoms with Gasteiger partial charge in [-0.1, -0.05) is 39.8 Å². The fourth-order valence-electron chi connectivity index (χ4n) is 10.1. The summed E-state index contributed by atoms with van der Waals surface area (Å²) >= 11 is 1.70. The van der Waals surface area contributed by atoms with Crippen molar-refractivity contribution in [3.63, 3.8) is 0 Å². The van der Waals surface area contributed by atoms with E-state index < -0.39 is 30.5 Å². The summed E-state index contributed by atoms with van der Waals surface area (Å²) in [6.07, 6.45) is 6.82. The number of aromatic amines is 2. The third kappa shape index (κ3) is 8.15. The number of halogens is 1. The van der Waals surface area contributed by atoms with Crippen LogP contribution in [0, 0.1) is 17.7 Å². The highest BCUT2D eigenvalue weighted by molar-refractivity contribution is 7.12. The first-order valence-electron chi connectivity index (χ1n) is 23.5. The number of nitrogens with zero attached hydrogens (tertiary/aromatic N) is 5. The van der Waals surface area contributed by atoms with Crippen LogP contribution in [0.1, 0.15) is 112 Å². The van der Waals surface area contributed by atoms with Gasteiger partial charge >= 0.3 is 12.2 Å². The Hall–Kier alpha value is -6.69. The van der Waals surface area contributed by atoms with Crippen molar-refractivity contribution in [3.05, 3.63) is 88.1 Å². The zero-order valence-electron chi connectivity index (χ0n) is 38.9. The quantitative estimate of drug-likeness (QED) is 0.0927. The second-order valence-electron chi connectivity index (χ2n) is 18.9. The number of H-pyrrole nitrogens is 2. The lowest BCUT2D eigenvalue weighted by atomic mass is 10.0. The summed E-state index contributed by atoms with van der Waals surface area (Å²) < 4.78 is 35.9. The standard InChI is InChI=1S/C50H56FN9O7S/c1-25(2)41(56-49(63)65-5)46(61)58-19-7-9-35(58)44-52-23-32(54-44)28-14-16-34-31(21-28)40(51)43-30-15-13-29(22-37(30)67-48(60(34)43)39-18-17-38(68-39)27-11-12-27)33-24-53-45(55-33)36-10-8-20-59(36)47(62)42(26(3)4)57-50(64)66-6/h13-18,21-27,35-36,41-42,48H,7-12,19-20H2,1-6H3,(H,52,54)(H,53,55)(H,56,63)(H,57,64)/t35-,36-,41-,42-,48?/m0/s1. The Balaban J connectivity index is 0.964. The Kier molecular flexibility index (Phi) is 12.0. The number of alkyl carbamates (subject to hydrolysis) is 2. The van der Waals surface area contributed by atoms with Crippen molar-refractivity contribution in [1.82, 2.24) is 44.9 Å². The number of aromatic nitrogens is 5. The van der Waals surface area contributed by atoms with Crippen LogP contribution in [0.2, 0.25) is 0 Å². The average molecular weight is 946 g/mol. The number of hydrogen-bond donors (Lipinski definition) is 4. The van der Waals surface area contributed by atoms with Crippen molar-refractivity contribution in [1.29, 1.82) is 0 Å². The van der Waals surface area contributed by atoms with E-state index in [2.05, 4.69) is 32.7 Å². The number of benzene rings is 2. The van der Waals surface area contributed by atoms with Gasteiger partial charge in [0.25, 0.3) is 0 Å². The predicted molar refractivity (Wildman–Crippen MR) is 253 cm³/mol. The molecule has 68 heavy (non-hydrogen) atoms. The third-order valence-electron chi connectivity index (χ3n) is 13.8. The summed E-state index contributed by atoms with van der Waals surface area (Å²) in [6, 6.07) is 13.6. The maximum atomic E-state index is 17.4. The largest absolute Gasteiger partial charge is 0.464 e. The zero-order chi connectivity index (χ0) is 47.5. The SMILES string of the molecule is COC(=O)N[C@H](C(=O)N1CCC[C@H]1c1ncc(-c2ccc3c(c2)OC(c2ccc(C4CC4)s2)n2c-3c(F)c3cc(-c4cnc([C@@H]5CCCN5C(=O)[C@@H](NC(=O)OC)C(C)C)[nH]4)ccc32)[nH]1)C(C)C. The molecule has 4 aliphatic rings. The van der Waals surface area contributed by atoms with E-state index in [1.165, 1.54) is 19.1 Å². The fourth-order valence-corrected chi connectivity index (χ4v) is 11.3. The molecule has 0 radical (unpaired) electrons. The number of methoxy groups -OCH3 is 2. The zero-order valence-corrected chi connectivity index (χ0v) is 39.7. The number of likely N-dealkylation sites (tertiary alicyclic amines) is 2. The molecular formula is C50H56FN9O7S. The monoisotopic (exact) mass is 945 g/mol. The number of amides is 4. The van der Waals surface area contributed by atoms with Crippen LogP contribution >= 0.6 is 11.3 Å². The number of carbonyl (C=O) groups is 4. The van der Waals surface area contributed by atoms with Crippen LogP contribution in [0.4, 0.5) is 14.0 Å². The van der Waals surface area contributed by atoms with E-state index in [1.54, 1.807) is 33.5 Å². The molecule has 0 bridgehead atoms. The number of fused-ring (bicyclic) bond motifs is 5. The van der Waals surface area contributed by atoms with Gasteiger partial charge < -0.3 is 44.6 Å². The average Bonchev–Trinajstić information content (AvgIpc) is 4.05. The highest BCUT2D eigenvalue weighted by Gasteiger charge is 2.40. The van der Waals surface area contributed by atoms with Crippen LogP contribution in [-0.4, -0.2) is 97.7 Å². The van der Waals surface area contributed by atoms with Gasteiger partial charge in [0, 0.05) is 40.0 Å². The lowest BCUT2D eigenvalue weighted by molar-refractivity contribution is -0.136. The third-order valence-corrected chi connectivity index (χ3v) is 15.1. The Labute approximate surface area is 396 Å². The van der Waals surface area contributed by atoms with Crippen molar-refractivity contribution >= 4 is 46.2 Å². The summed E-state index contributed by atoms with van der Waals surface area (Å²) in [6.45, 7) is 8.60. The number of imidazole rings is 2. The van der Waals surface area contributed by atoms with Crippen LogP contribution in [-0.2, 0) is 19.1 Å². The Bertz CT molecular complexity index is 2910. The van der Waals surface area contributed by atoms with E-state index in [4.69, 9.17) is 24.2 Å². The van der Waals surface area contributed by atoms with Crippen molar-refractivity contribution in [3.8, 4) is 39.5 Å². The van der Waals surface area contributed by atoms with Crippen molar-refractivity contribution in [2.24, 2.45) is 11.8 Å². The first-order chi connectivity index (χ1) is 32.8. The van der Waals surface area contributed by atoms with Crippen LogP contribution < -0.4 is 15.4 Å². The van der Waals surface area contributed by atoms with Gasteiger partial charge in [0.2, 0.25) is 18.0 Å². The summed E-state index contributed by atoms with van der Waals surface area (Å²) in [5.41, 5.74) is 4.65. The second kappa shape index (κ2) is 18.1. The molecule has 18 heteroatoms. The maximum Gasteiger partial charge on any atom is 0.407 e. The van der Waals surface area contributed by atoms with E-state index in [0.29, 0.717) is 77.1 Å². The topological polar surface area (TPSA) is 189 Å². The number of carbonyl (C=O) groups excluding carboxylic acids is 4. The predicted octanol–water partition coefficient (Wildman–Crippen LogP) is 9.19. The Morgan fingerprint density at radius 2 is 1.29 bits per heavy atom. The van der Waals surface area contributed by atoms with Crippen LogP contribution in [0.15, 0.2) is 60.9 Å². The molecule has 4 amide bonds. The molecular weight excluding hydrogens is 890 g/mol. The van der Waals surface area contributed by atoms with Gasteiger partial charge in [0.05, 0.1) is 66.2 Å². The summed E-state index contributed by atoms with van der Waals surface area (Å²) in [4.78, 5) is 74.1. The normalized spacial score (nSPS) is 19.8. The molecule has 10 rings (SSSR count). The Morgan fingerprint density at radius 3 is 1.84 bits per heavy atom. The molecule has 1 saturated carbocycles. The number of ether oxygens (including phenoxy) is 3. The lowest BCUT2D eigenvalue weighted by Gasteiger charge is -2.30. The molecule has 4 N–H and O–H groups in total. The van der Waals surface area contributed by atoms with Gasteiger partial charge in [-0.2, -0.15) is 0 Å². The van der Waals surface area contributed by atoms with Gasteiger partial charge in [-0.25, -0.2) is 23.9 Å². The smallest absolute Gasteiger partial charge is 0.407 e. The lowest BCUT2D eigenvalue weighted by Crippen LogP contribution is -2.51. The molecule has 0 spiro atoms. The summed E-state index contributed by atoms with van der Waals surface area (Å²) in [5, 5.41) is 5.83. The van der Waals surface area contributed by atoms with Crippen molar-refractivity contribution in [2.45, 2.75) is 103 Å². The molecule has 5 atom stereocenters. The van der Waals surface area contributed by atoms with Crippen molar-refractivity contribution in [2.75, 3.05) is 27.3 Å². The van der Waals surface area contributed by atoms with Gasteiger partial charge in [0.1, 0.15) is 29.5 Å². The van der Waals surface area contributed by atoms with Crippen LogP contribution in [0.5, 0.6) is 5.75 Å². The Morgan fingerprint density at radius 1 is 0.750 bits per heavy atom. The molecule has 3 fully saturated rings. The van der Waals surface area contributed by atoms with E-state index in [0.717, 1.165) is 47.4 Å². The van der Waals surface area contributed by atoms with Crippen molar-refractivity contribution < 1.29 is 37.8 Å². The molecule has 7 heterocycles. The van der Waals surface area contributed by atoms with E-state index in [-0.39, 0.29) is 41.6 Å². The first kappa shape index (κ1) is 45.1. The molecule has 2 aromatic carbocycles. The number of rotatable bonds is 12. The summed E-state index contributed by atoms with van der Waals surface area (Å²) in [5.74, 6) is 1.26. The molecule has 3 aliphatic heterocycles. The molecule has 1 unspecified atom stereocenters. The van der Waals surface area contributed by atoms with Crippen LogP contribution in [0.25, 0.3) is 44.7 Å². The van der Waals surface area contributed by atoms with Gasteiger partial charge in [0.15, 0.2) is 5.82 Å². The molecule has 4 aromatic heterocycles. The maximum absolute atomic E-state index is 17.4. The minimum absolute atomic E-state index is 0.157. The van der Waals surface area contributed by atoms with E-state index in [1.807, 2.05) is 68.7 Å². The van der Waals surface area contributed by atoms with Gasteiger partial charge in [-0.15, -0.1) is 11.3 Å².